The zero-order valence-electron chi connectivity index (χ0n) is 50.4. The Balaban J connectivity index is 1.07. The van der Waals surface area contributed by atoms with Crippen LogP contribution in [0.5, 0.6) is 0 Å². The Morgan fingerprint density at radius 2 is 0.477 bits per heavy atom. The highest BCUT2D eigenvalue weighted by Crippen LogP contribution is 2.65. The van der Waals surface area contributed by atoms with Gasteiger partial charge < -0.3 is 19.6 Å². The van der Waals surface area contributed by atoms with Crippen LogP contribution in [0.3, 0.4) is 0 Å². The molecule has 0 radical (unpaired) electrons. The quantitative estimate of drug-likeness (QED) is 0.121. The van der Waals surface area contributed by atoms with Crippen molar-refractivity contribution in [1.82, 2.24) is 0 Å². The molecule has 0 amide bonds. The van der Waals surface area contributed by atoms with Crippen LogP contribution in [0.4, 0.5) is 62.6 Å². The summed E-state index contributed by atoms with van der Waals surface area (Å²) >= 11 is 0. The molecule has 86 heavy (non-hydrogen) atoms. The maximum absolute atomic E-state index is 2.54. The second kappa shape index (κ2) is 21.8. The van der Waals surface area contributed by atoms with Crippen molar-refractivity contribution in [3.8, 4) is 11.1 Å². The standard InChI is InChI=1S/C82H70N4/c1-54-9-25-62(26-10-54)83(63-27-11-55(2)12-28-63)70-41-46-74-75-47-42-71(84(64-29-13-56(3)14-30-64)65-31-15-57(4)16-32-65)51-79(75)82(78(74)50-45-70)80-52-72(85(66-33-17-58(5)18-34-66)67-35-19-59(6)20-36-67)43-48-76(80)77-49-44-73(53-81(77)82)86(68-37-21-60(7)22-38-68)69-39-23-61(8)24-40-69/h9-49,51-53H,50H2,1-8H3. The molecule has 0 unspecified atom stereocenters. The molecule has 11 aromatic rings. The van der Waals surface area contributed by atoms with E-state index in [1.54, 1.807) is 0 Å². The summed E-state index contributed by atoms with van der Waals surface area (Å²) in [6, 6.07) is 93.9. The van der Waals surface area contributed by atoms with E-state index in [9.17, 15) is 0 Å². The minimum atomic E-state index is -0.781. The van der Waals surface area contributed by atoms with Crippen LogP contribution in [-0.4, -0.2) is 0 Å². The fraction of sp³-hybridized carbons (Fsp3) is 0.122. The zero-order valence-corrected chi connectivity index (χ0v) is 50.4. The number of benzene rings is 11. The summed E-state index contributed by atoms with van der Waals surface area (Å²) in [6.07, 6.45) is 8.00. The van der Waals surface area contributed by atoms with Crippen LogP contribution < -0.4 is 19.6 Å². The predicted molar refractivity (Wildman–Crippen MR) is 364 cm³/mol. The molecule has 0 heterocycles. The summed E-state index contributed by atoms with van der Waals surface area (Å²) in [4.78, 5) is 9.77. The first kappa shape index (κ1) is 53.8. The second-order valence-corrected chi connectivity index (χ2v) is 24.0. The number of anilines is 11. The Morgan fingerprint density at radius 3 is 0.756 bits per heavy atom. The van der Waals surface area contributed by atoms with Crippen molar-refractivity contribution in [3.63, 3.8) is 0 Å². The fourth-order valence-electron chi connectivity index (χ4n) is 13.3. The van der Waals surface area contributed by atoms with E-state index in [4.69, 9.17) is 0 Å². The Kier molecular flexibility index (Phi) is 13.6. The number of allylic oxidation sites excluding steroid dienone is 5. The lowest BCUT2D eigenvalue weighted by Crippen LogP contribution is -2.28. The van der Waals surface area contributed by atoms with Gasteiger partial charge in [0.05, 0.1) is 5.41 Å². The molecule has 3 aliphatic rings. The molecule has 0 saturated carbocycles. The monoisotopic (exact) mass is 1110 g/mol. The first-order valence-corrected chi connectivity index (χ1v) is 30.2. The number of fused-ring (bicyclic) bond motifs is 9. The van der Waals surface area contributed by atoms with Gasteiger partial charge in [0.1, 0.15) is 0 Å². The van der Waals surface area contributed by atoms with Crippen molar-refractivity contribution >= 4 is 68.1 Å². The van der Waals surface area contributed by atoms with Crippen molar-refractivity contribution in [3.05, 3.63) is 345 Å². The largest absolute Gasteiger partial charge is 0.311 e. The lowest BCUT2D eigenvalue weighted by Gasteiger charge is -2.36. The molecule has 418 valence electrons. The average Bonchev–Trinajstić information content (AvgIpc) is 1.52. The van der Waals surface area contributed by atoms with Crippen LogP contribution in [0, 0.1) is 55.4 Å². The van der Waals surface area contributed by atoms with Gasteiger partial charge in [-0.05, 0) is 246 Å². The molecule has 0 saturated heterocycles. The zero-order chi connectivity index (χ0) is 58.8. The Hall–Kier alpha value is -10.2. The van der Waals surface area contributed by atoms with Gasteiger partial charge in [0.25, 0.3) is 0 Å². The van der Waals surface area contributed by atoms with Gasteiger partial charge in [0.15, 0.2) is 0 Å². The summed E-state index contributed by atoms with van der Waals surface area (Å²) in [5, 5.41) is 0. The van der Waals surface area contributed by atoms with Gasteiger partial charge in [-0.3, -0.25) is 0 Å². The predicted octanol–water partition coefficient (Wildman–Crippen LogP) is 22.3. The van der Waals surface area contributed by atoms with Gasteiger partial charge in [0, 0.05) is 68.3 Å². The van der Waals surface area contributed by atoms with Gasteiger partial charge >= 0.3 is 0 Å². The van der Waals surface area contributed by atoms with Crippen molar-refractivity contribution in [2.75, 3.05) is 19.6 Å². The van der Waals surface area contributed by atoms with Gasteiger partial charge in [-0.25, -0.2) is 0 Å². The molecular formula is C82H70N4. The smallest absolute Gasteiger partial charge is 0.0693 e. The summed E-state index contributed by atoms with van der Waals surface area (Å²) in [5.74, 6) is 0. The van der Waals surface area contributed by atoms with E-state index >= 15 is 0 Å². The van der Waals surface area contributed by atoms with Crippen molar-refractivity contribution < 1.29 is 0 Å². The van der Waals surface area contributed by atoms with Crippen LogP contribution in [0.15, 0.2) is 278 Å². The average molecular weight is 1110 g/mol. The van der Waals surface area contributed by atoms with E-state index in [1.807, 2.05) is 0 Å². The molecule has 3 aliphatic carbocycles. The van der Waals surface area contributed by atoms with E-state index < -0.39 is 5.41 Å². The third kappa shape index (κ3) is 9.52. The first-order chi connectivity index (χ1) is 41.9. The van der Waals surface area contributed by atoms with Gasteiger partial charge in [0.2, 0.25) is 0 Å². The van der Waals surface area contributed by atoms with Gasteiger partial charge in [-0.1, -0.05) is 172 Å². The molecule has 0 atom stereocenters. The molecule has 0 bridgehead atoms. The molecule has 0 aromatic heterocycles. The van der Waals surface area contributed by atoms with E-state index in [2.05, 4.69) is 342 Å². The summed E-state index contributed by atoms with van der Waals surface area (Å²) < 4.78 is 0. The van der Waals surface area contributed by atoms with E-state index in [1.165, 1.54) is 89.0 Å². The van der Waals surface area contributed by atoms with Crippen LogP contribution in [0.2, 0.25) is 0 Å². The third-order valence-corrected chi connectivity index (χ3v) is 17.9. The summed E-state index contributed by atoms with van der Waals surface area (Å²) in [7, 11) is 0. The van der Waals surface area contributed by atoms with Gasteiger partial charge in [-0.15, -0.1) is 0 Å². The molecule has 0 aliphatic heterocycles. The number of hydrogen-bond donors (Lipinski definition) is 0. The SMILES string of the molecule is Cc1ccc(N(C2=CCC3=C(C=C2)c2ccc(N(c4ccc(C)cc4)c4ccc(C)cc4)cc2C32c3cc(N(c4ccc(C)cc4)c4ccc(C)cc4)ccc3-c3ccc(N(c4ccc(C)cc4)c4ccc(C)cc4)cc32)c2ccc(C)cc2)cc1. The highest BCUT2D eigenvalue weighted by Gasteiger charge is 2.53. The summed E-state index contributed by atoms with van der Waals surface area (Å²) in [6.45, 7) is 17.3. The maximum Gasteiger partial charge on any atom is 0.0693 e. The highest BCUT2D eigenvalue weighted by atomic mass is 15.2. The minimum absolute atomic E-state index is 0.683. The molecule has 14 rings (SSSR count). The lowest BCUT2D eigenvalue weighted by molar-refractivity contribution is 0.746. The minimum Gasteiger partial charge on any atom is -0.311 e. The molecule has 11 aromatic carbocycles. The fourth-order valence-corrected chi connectivity index (χ4v) is 13.3. The number of aryl methyl sites for hydroxylation is 8. The molecule has 4 nitrogen and oxygen atoms in total. The normalized spacial score (nSPS) is 13.4. The molecule has 1 spiro atoms. The molecule has 4 heteroatoms. The molecular weight excluding hydrogens is 1040 g/mol. The topological polar surface area (TPSA) is 13.0 Å². The van der Waals surface area contributed by atoms with Crippen LogP contribution in [0.25, 0.3) is 16.7 Å². The molecule has 0 N–H and O–H groups in total. The summed E-state index contributed by atoms with van der Waals surface area (Å²) in [5.41, 5.74) is 32.4. The van der Waals surface area contributed by atoms with Gasteiger partial charge in [-0.2, -0.15) is 0 Å². The Morgan fingerprint density at radius 1 is 0.244 bits per heavy atom. The highest BCUT2D eigenvalue weighted by molar-refractivity contribution is 6.00. The van der Waals surface area contributed by atoms with Crippen LogP contribution >= 0.6 is 0 Å². The van der Waals surface area contributed by atoms with Crippen molar-refractivity contribution in [2.24, 2.45) is 0 Å². The van der Waals surface area contributed by atoms with Crippen molar-refractivity contribution in [2.45, 2.75) is 67.2 Å². The number of nitrogens with zero attached hydrogens (tertiary/aromatic N) is 4. The van der Waals surface area contributed by atoms with Crippen LogP contribution in [-0.2, 0) is 5.41 Å². The lowest BCUT2D eigenvalue weighted by atomic mass is 9.68. The Labute approximate surface area is 508 Å². The second-order valence-electron chi connectivity index (χ2n) is 24.0. The van der Waals surface area contributed by atoms with Crippen molar-refractivity contribution in [1.29, 1.82) is 0 Å². The maximum atomic E-state index is 2.54. The van der Waals surface area contributed by atoms with E-state index in [-0.39, 0.29) is 0 Å². The number of hydrogen-bond acceptors (Lipinski definition) is 4. The van der Waals surface area contributed by atoms with E-state index in [0.29, 0.717) is 6.42 Å². The van der Waals surface area contributed by atoms with E-state index in [0.717, 1.165) is 68.3 Å². The van der Waals surface area contributed by atoms with Crippen LogP contribution in [0.1, 0.15) is 73.2 Å². The molecule has 0 fully saturated rings. The first-order valence-electron chi connectivity index (χ1n) is 30.2. The Bertz CT molecular complexity index is 4120. The third-order valence-electron chi connectivity index (χ3n) is 17.9. The number of rotatable bonds is 12.